The molecule has 0 spiro atoms. The summed E-state index contributed by atoms with van der Waals surface area (Å²) in [5.41, 5.74) is 0. The number of phosphoric ester groups is 1. The predicted octanol–water partition coefficient (Wildman–Crippen LogP) is 13.8. The maximum atomic E-state index is 12.4. The molecule has 0 aliphatic carbocycles. The van der Waals surface area contributed by atoms with Crippen LogP contribution in [0.25, 0.3) is 0 Å². The van der Waals surface area contributed by atoms with Crippen LogP contribution < -0.4 is 5.32 Å². The minimum Gasteiger partial charge on any atom is -0.480 e. The zero-order valence-corrected chi connectivity index (χ0v) is 40.6. The standard InChI is InChI=1S/C50H94NO10P/c1-3-5-7-9-11-13-15-17-19-21-22-23-24-26-27-29-31-33-35-37-39-41-48(53)51-47(50(55)56)45-61-62(57,58)60-44-46(52)43-59-49(54)42-40-38-36-34-32-30-28-25-20-18-16-14-12-10-8-6-4-2/h11,13,17,19,46-47,52H,3-10,12,14-16,18,20-45H2,1-2H3,(H,51,53)(H,55,56)(H,57,58)/b13-11-,19-17-. The van der Waals surface area contributed by atoms with Crippen LogP contribution in [-0.2, 0) is 32.7 Å². The third-order valence-corrected chi connectivity index (χ3v) is 12.2. The molecule has 0 heterocycles. The Hall–Kier alpha value is -2.04. The Morgan fingerprint density at radius 3 is 1.34 bits per heavy atom. The molecule has 0 fully saturated rings. The summed E-state index contributed by atoms with van der Waals surface area (Å²) in [4.78, 5) is 46.1. The van der Waals surface area contributed by atoms with E-state index in [2.05, 4.69) is 43.5 Å². The summed E-state index contributed by atoms with van der Waals surface area (Å²) < 4.78 is 26.9. The van der Waals surface area contributed by atoms with Crippen LogP contribution in [0.4, 0.5) is 0 Å². The lowest BCUT2D eigenvalue weighted by molar-refractivity contribution is -0.147. The topological polar surface area (TPSA) is 169 Å². The first kappa shape index (κ1) is 60.0. The van der Waals surface area contributed by atoms with Crippen molar-refractivity contribution in [1.29, 1.82) is 0 Å². The Labute approximate surface area is 379 Å². The number of ether oxygens (including phenoxy) is 1. The van der Waals surface area contributed by atoms with Crippen molar-refractivity contribution in [2.75, 3.05) is 19.8 Å². The molecule has 364 valence electrons. The zero-order chi connectivity index (χ0) is 45.6. The maximum Gasteiger partial charge on any atom is 0.472 e. The Morgan fingerprint density at radius 1 is 0.516 bits per heavy atom. The number of amides is 1. The number of carboxylic acids is 1. The van der Waals surface area contributed by atoms with Gasteiger partial charge in [-0.3, -0.25) is 18.6 Å². The molecule has 3 atom stereocenters. The van der Waals surface area contributed by atoms with E-state index < -0.39 is 57.6 Å². The highest BCUT2D eigenvalue weighted by atomic mass is 31.2. The number of allylic oxidation sites excluding steroid dienone is 4. The van der Waals surface area contributed by atoms with Gasteiger partial charge in [0.15, 0.2) is 6.04 Å². The number of aliphatic carboxylic acids is 1. The molecule has 0 aromatic rings. The molecule has 0 aliphatic heterocycles. The number of aliphatic hydroxyl groups excluding tert-OH is 1. The van der Waals surface area contributed by atoms with Gasteiger partial charge in [0, 0.05) is 12.8 Å². The third kappa shape index (κ3) is 44.6. The molecule has 4 N–H and O–H groups in total. The number of phosphoric acid groups is 1. The summed E-state index contributed by atoms with van der Waals surface area (Å²) in [5.74, 6) is -2.36. The molecule has 0 radical (unpaired) electrons. The minimum absolute atomic E-state index is 0.145. The highest BCUT2D eigenvalue weighted by Crippen LogP contribution is 2.43. The van der Waals surface area contributed by atoms with Crippen molar-refractivity contribution < 1.29 is 47.8 Å². The van der Waals surface area contributed by atoms with E-state index in [1.54, 1.807) is 0 Å². The van der Waals surface area contributed by atoms with Crippen LogP contribution in [0.2, 0.25) is 0 Å². The molecular formula is C50H94NO10P. The average molecular weight is 900 g/mol. The van der Waals surface area contributed by atoms with Crippen LogP contribution in [0.5, 0.6) is 0 Å². The first-order valence-electron chi connectivity index (χ1n) is 25.4. The summed E-state index contributed by atoms with van der Waals surface area (Å²) in [6.07, 6.45) is 49.1. The highest BCUT2D eigenvalue weighted by Gasteiger charge is 2.28. The van der Waals surface area contributed by atoms with Gasteiger partial charge in [-0.05, 0) is 44.9 Å². The van der Waals surface area contributed by atoms with E-state index >= 15 is 0 Å². The number of esters is 1. The van der Waals surface area contributed by atoms with E-state index in [0.717, 1.165) is 44.9 Å². The van der Waals surface area contributed by atoms with Gasteiger partial charge in [0.1, 0.15) is 12.7 Å². The quantitative estimate of drug-likeness (QED) is 0.0200. The Balaban J connectivity index is 3.82. The average Bonchev–Trinajstić information content (AvgIpc) is 3.25. The predicted molar refractivity (Wildman–Crippen MR) is 254 cm³/mol. The maximum absolute atomic E-state index is 12.4. The highest BCUT2D eigenvalue weighted by molar-refractivity contribution is 7.47. The molecule has 0 rings (SSSR count). The van der Waals surface area contributed by atoms with Crippen LogP contribution >= 0.6 is 7.82 Å². The van der Waals surface area contributed by atoms with Gasteiger partial charge in [0.25, 0.3) is 0 Å². The van der Waals surface area contributed by atoms with Gasteiger partial charge in [-0.15, -0.1) is 0 Å². The van der Waals surface area contributed by atoms with Gasteiger partial charge in [-0.25, -0.2) is 9.36 Å². The summed E-state index contributed by atoms with van der Waals surface area (Å²) >= 11 is 0. The SMILES string of the molecule is CCCCC/C=C\C/C=C\CCCCCCCCCCCCCC(=O)NC(COP(=O)(O)OCC(O)COC(=O)CCCCCCCCCCCCCCCCCCC)C(=O)O. The van der Waals surface area contributed by atoms with E-state index in [4.69, 9.17) is 13.8 Å². The first-order chi connectivity index (χ1) is 30.1. The summed E-state index contributed by atoms with van der Waals surface area (Å²) in [7, 11) is -4.76. The van der Waals surface area contributed by atoms with Gasteiger partial charge in [0.2, 0.25) is 5.91 Å². The Kier molecular flexibility index (Phi) is 44.0. The van der Waals surface area contributed by atoms with Gasteiger partial charge < -0.3 is 25.2 Å². The van der Waals surface area contributed by atoms with E-state index in [1.165, 1.54) is 161 Å². The van der Waals surface area contributed by atoms with Crippen LogP contribution in [0.1, 0.15) is 245 Å². The van der Waals surface area contributed by atoms with E-state index in [-0.39, 0.29) is 12.8 Å². The number of hydrogen-bond donors (Lipinski definition) is 4. The molecule has 0 saturated heterocycles. The number of unbranched alkanes of at least 4 members (excludes halogenated alkanes) is 30. The second kappa shape index (κ2) is 45.5. The third-order valence-electron chi connectivity index (χ3n) is 11.2. The Bertz CT molecular complexity index is 1150. The summed E-state index contributed by atoms with van der Waals surface area (Å²) in [6, 6.07) is -1.55. The lowest BCUT2D eigenvalue weighted by Gasteiger charge is -2.18. The lowest BCUT2D eigenvalue weighted by Crippen LogP contribution is -2.43. The van der Waals surface area contributed by atoms with E-state index in [0.29, 0.717) is 12.8 Å². The fourth-order valence-electron chi connectivity index (χ4n) is 7.29. The minimum atomic E-state index is -4.76. The number of hydrogen-bond acceptors (Lipinski definition) is 8. The molecule has 0 bridgehead atoms. The smallest absolute Gasteiger partial charge is 0.472 e. The van der Waals surface area contributed by atoms with Crippen LogP contribution in [0, 0.1) is 0 Å². The molecule has 3 unspecified atom stereocenters. The molecule has 0 aliphatic rings. The number of aliphatic hydroxyl groups is 1. The van der Waals surface area contributed by atoms with Crippen LogP contribution in [-0.4, -0.2) is 64.9 Å². The molecule has 12 heteroatoms. The lowest BCUT2D eigenvalue weighted by atomic mass is 10.0. The second-order valence-electron chi connectivity index (χ2n) is 17.4. The molecule has 62 heavy (non-hydrogen) atoms. The van der Waals surface area contributed by atoms with Gasteiger partial charge in [0.05, 0.1) is 13.2 Å². The molecule has 0 aromatic heterocycles. The number of carbonyl (C=O) groups excluding carboxylic acids is 2. The largest absolute Gasteiger partial charge is 0.480 e. The molecular weight excluding hydrogens is 806 g/mol. The fourth-order valence-corrected chi connectivity index (χ4v) is 8.06. The number of rotatable bonds is 48. The molecule has 0 saturated carbocycles. The molecule has 1 amide bonds. The number of carbonyl (C=O) groups is 3. The zero-order valence-electron chi connectivity index (χ0n) is 39.7. The number of nitrogens with one attached hydrogen (secondary N) is 1. The number of carboxylic acid groups (broad SMARTS) is 1. The van der Waals surface area contributed by atoms with Crippen molar-refractivity contribution in [2.45, 2.75) is 257 Å². The van der Waals surface area contributed by atoms with Gasteiger partial charge in [-0.2, -0.15) is 0 Å². The first-order valence-corrected chi connectivity index (χ1v) is 26.9. The van der Waals surface area contributed by atoms with Crippen molar-refractivity contribution in [3.05, 3.63) is 24.3 Å². The van der Waals surface area contributed by atoms with Crippen LogP contribution in [0.15, 0.2) is 24.3 Å². The molecule has 0 aromatic carbocycles. The van der Waals surface area contributed by atoms with Crippen molar-refractivity contribution in [2.24, 2.45) is 0 Å². The van der Waals surface area contributed by atoms with Crippen molar-refractivity contribution in [3.8, 4) is 0 Å². The normalized spacial score (nSPS) is 13.7. The second-order valence-corrected chi connectivity index (χ2v) is 18.8. The van der Waals surface area contributed by atoms with E-state index in [9.17, 15) is 34.1 Å². The summed E-state index contributed by atoms with van der Waals surface area (Å²) in [5, 5.41) is 21.9. The Morgan fingerprint density at radius 2 is 0.887 bits per heavy atom. The van der Waals surface area contributed by atoms with Crippen molar-refractivity contribution in [1.82, 2.24) is 5.32 Å². The van der Waals surface area contributed by atoms with Gasteiger partial charge >= 0.3 is 19.8 Å². The van der Waals surface area contributed by atoms with Crippen molar-refractivity contribution >= 4 is 25.7 Å². The van der Waals surface area contributed by atoms with Crippen LogP contribution in [0.3, 0.4) is 0 Å². The molecule has 11 nitrogen and oxygen atoms in total. The van der Waals surface area contributed by atoms with Crippen molar-refractivity contribution in [3.63, 3.8) is 0 Å². The van der Waals surface area contributed by atoms with Gasteiger partial charge in [-0.1, -0.05) is 212 Å². The van der Waals surface area contributed by atoms with E-state index in [1.807, 2.05) is 0 Å². The monoisotopic (exact) mass is 900 g/mol. The fraction of sp³-hybridized carbons (Fsp3) is 0.860. The summed E-state index contributed by atoms with van der Waals surface area (Å²) in [6.45, 7) is 2.61.